The molecule has 116 valence electrons. The number of nitriles is 1. The third kappa shape index (κ3) is 1.69. The van der Waals surface area contributed by atoms with Gasteiger partial charge in [0.05, 0.1) is 28.0 Å². The molecule has 5 heterocycles. The van der Waals surface area contributed by atoms with Crippen LogP contribution in [0.1, 0.15) is 42.6 Å². The van der Waals surface area contributed by atoms with E-state index in [4.69, 9.17) is 4.98 Å². The van der Waals surface area contributed by atoms with Gasteiger partial charge in [-0.3, -0.25) is 4.90 Å². The summed E-state index contributed by atoms with van der Waals surface area (Å²) in [6.07, 6.45) is 5.13. The molecule has 3 aliphatic rings. The van der Waals surface area contributed by atoms with Crippen molar-refractivity contribution in [3.8, 4) is 6.07 Å². The van der Waals surface area contributed by atoms with E-state index in [-0.39, 0.29) is 5.54 Å². The molecule has 2 aromatic rings. The number of aromatic nitrogens is 2. The molecule has 0 saturated carbocycles. The zero-order valence-corrected chi connectivity index (χ0v) is 13.7. The number of hydrogen-bond acceptors (Lipinski definition) is 6. The second kappa shape index (κ2) is 4.53. The molecular formula is C17H17N5S. The maximum absolute atomic E-state index is 9.39. The molecule has 3 fully saturated rings. The maximum Gasteiger partial charge on any atom is 0.149 e. The van der Waals surface area contributed by atoms with Crippen LogP contribution in [0.25, 0.3) is 0 Å². The van der Waals surface area contributed by atoms with E-state index in [1.165, 1.54) is 37.0 Å². The topological polar surface area (TPSA) is 64.8 Å². The molecule has 23 heavy (non-hydrogen) atoms. The van der Waals surface area contributed by atoms with Crippen LogP contribution in [-0.4, -0.2) is 27.0 Å². The molecule has 3 aliphatic heterocycles. The van der Waals surface area contributed by atoms with E-state index in [0.29, 0.717) is 11.4 Å². The van der Waals surface area contributed by atoms with Gasteiger partial charge in [-0.25, -0.2) is 9.97 Å². The van der Waals surface area contributed by atoms with Gasteiger partial charge in [-0.2, -0.15) is 5.26 Å². The maximum atomic E-state index is 9.39. The van der Waals surface area contributed by atoms with Gasteiger partial charge in [0.25, 0.3) is 0 Å². The fourth-order valence-electron chi connectivity index (χ4n) is 4.68. The first-order chi connectivity index (χ1) is 11.2. The molecule has 2 atom stereocenters. The Labute approximate surface area is 139 Å². The van der Waals surface area contributed by atoms with Gasteiger partial charge in [-0.15, -0.1) is 11.3 Å². The molecule has 2 aromatic heterocycles. The molecule has 2 unspecified atom stereocenters. The highest BCUT2D eigenvalue weighted by Crippen LogP contribution is 2.63. The number of hydrogen-bond donors (Lipinski definition) is 1. The number of rotatable bonds is 3. The summed E-state index contributed by atoms with van der Waals surface area (Å²) in [7, 11) is 0. The first kappa shape index (κ1) is 13.5. The lowest BCUT2D eigenvalue weighted by Crippen LogP contribution is -2.72. The zero-order valence-electron chi connectivity index (χ0n) is 12.9. The van der Waals surface area contributed by atoms with Crippen molar-refractivity contribution in [2.75, 3.05) is 5.32 Å². The van der Waals surface area contributed by atoms with Crippen molar-refractivity contribution >= 4 is 22.2 Å². The predicted molar refractivity (Wildman–Crippen MR) is 88.6 cm³/mol. The molecule has 0 aliphatic carbocycles. The van der Waals surface area contributed by atoms with Crippen LogP contribution in [0.15, 0.2) is 17.6 Å². The molecule has 0 amide bonds. The lowest BCUT2D eigenvalue weighted by atomic mass is 9.66. The van der Waals surface area contributed by atoms with Crippen LogP contribution in [-0.2, 0) is 5.54 Å². The first-order valence-corrected chi connectivity index (χ1v) is 8.96. The molecule has 3 saturated heterocycles. The number of nitrogens with zero attached hydrogens (tertiary/aromatic N) is 4. The Morgan fingerprint density at radius 1 is 1.35 bits per heavy atom. The van der Waals surface area contributed by atoms with E-state index < -0.39 is 0 Å². The Balaban J connectivity index is 1.51. The fourth-order valence-corrected chi connectivity index (χ4v) is 5.38. The molecule has 5 nitrogen and oxygen atoms in total. The van der Waals surface area contributed by atoms with Gasteiger partial charge in [-0.1, -0.05) is 0 Å². The summed E-state index contributed by atoms with van der Waals surface area (Å²) >= 11 is 1.54. The average molecular weight is 323 g/mol. The molecule has 0 aromatic carbocycles. The minimum Gasteiger partial charge on any atom is -0.329 e. The minimum atomic E-state index is 0.152. The van der Waals surface area contributed by atoms with Gasteiger partial charge in [0.1, 0.15) is 16.9 Å². The monoisotopic (exact) mass is 323 g/mol. The predicted octanol–water partition coefficient (Wildman–Crippen LogP) is 3.30. The molecule has 0 radical (unpaired) electrons. The SMILES string of the molecule is Cc1ncsc1Nc1nc(C23CC4CCC(C2)N43)ccc1C#N. The smallest absolute Gasteiger partial charge is 0.149 e. The molecule has 0 bridgehead atoms. The Hall–Kier alpha value is -1.97. The number of piperidine rings is 1. The van der Waals surface area contributed by atoms with Crippen LogP contribution in [0.2, 0.25) is 0 Å². The van der Waals surface area contributed by atoms with E-state index in [0.717, 1.165) is 28.5 Å². The highest BCUT2D eigenvalue weighted by Gasteiger charge is 2.67. The summed E-state index contributed by atoms with van der Waals surface area (Å²) in [5, 5.41) is 13.7. The Morgan fingerprint density at radius 3 is 2.78 bits per heavy atom. The summed E-state index contributed by atoms with van der Waals surface area (Å²) in [4.78, 5) is 11.8. The number of nitrogens with one attached hydrogen (secondary N) is 1. The largest absolute Gasteiger partial charge is 0.329 e. The van der Waals surface area contributed by atoms with Gasteiger partial charge in [-0.05, 0) is 44.7 Å². The second-order valence-corrected chi connectivity index (χ2v) is 7.68. The highest BCUT2D eigenvalue weighted by molar-refractivity contribution is 7.14. The van der Waals surface area contributed by atoms with Crippen molar-refractivity contribution in [2.45, 2.75) is 50.2 Å². The lowest BCUT2D eigenvalue weighted by Gasteiger charge is -2.66. The molecular weight excluding hydrogens is 306 g/mol. The average Bonchev–Trinajstić information content (AvgIpc) is 2.96. The van der Waals surface area contributed by atoms with Crippen molar-refractivity contribution < 1.29 is 0 Å². The van der Waals surface area contributed by atoms with E-state index in [1.807, 2.05) is 24.6 Å². The van der Waals surface area contributed by atoms with Crippen molar-refractivity contribution in [3.05, 3.63) is 34.6 Å². The quantitative estimate of drug-likeness (QED) is 0.939. The summed E-state index contributed by atoms with van der Waals surface area (Å²) in [6.45, 7) is 1.96. The van der Waals surface area contributed by atoms with E-state index in [9.17, 15) is 5.26 Å². The van der Waals surface area contributed by atoms with E-state index in [2.05, 4.69) is 21.3 Å². The van der Waals surface area contributed by atoms with Gasteiger partial charge < -0.3 is 5.32 Å². The summed E-state index contributed by atoms with van der Waals surface area (Å²) in [5.74, 6) is 0.665. The Bertz CT molecular complexity index is 822. The molecule has 5 rings (SSSR count). The molecule has 6 heteroatoms. The van der Waals surface area contributed by atoms with Gasteiger partial charge in [0.2, 0.25) is 0 Å². The highest BCUT2D eigenvalue weighted by atomic mass is 32.1. The molecule has 0 spiro atoms. The molecule has 1 N–H and O–H groups in total. The number of anilines is 2. The van der Waals surface area contributed by atoms with Crippen molar-refractivity contribution in [2.24, 2.45) is 0 Å². The lowest BCUT2D eigenvalue weighted by molar-refractivity contribution is -0.174. The van der Waals surface area contributed by atoms with E-state index >= 15 is 0 Å². The van der Waals surface area contributed by atoms with Crippen molar-refractivity contribution in [1.29, 1.82) is 5.26 Å². The number of pyridine rings is 1. The van der Waals surface area contributed by atoms with Gasteiger partial charge in [0.15, 0.2) is 0 Å². The number of thiazole rings is 1. The number of aryl methyl sites for hydroxylation is 1. The van der Waals surface area contributed by atoms with Crippen molar-refractivity contribution in [1.82, 2.24) is 14.9 Å². The van der Waals surface area contributed by atoms with Crippen molar-refractivity contribution in [3.63, 3.8) is 0 Å². The normalized spacial score (nSPS) is 31.0. The third-order valence-electron chi connectivity index (χ3n) is 5.73. The third-order valence-corrected chi connectivity index (χ3v) is 6.57. The van der Waals surface area contributed by atoms with E-state index in [1.54, 1.807) is 0 Å². The van der Waals surface area contributed by atoms with Crippen LogP contribution in [0, 0.1) is 18.3 Å². The Morgan fingerprint density at radius 2 is 2.13 bits per heavy atom. The summed E-state index contributed by atoms with van der Waals surface area (Å²) in [6, 6.07) is 7.75. The van der Waals surface area contributed by atoms with Gasteiger partial charge in [0, 0.05) is 12.1 Å². The minimum absolute atomic E-state index is 0.152. The summed E-state index contributed by atoms with van der Waals surface area (Å²) in [5.41, 5.74) is 4.61. The van der Waals surface area contributed by atoms with Crippen LogP contribution >= 0.6 is 11.3 Å². The second-order valence-electron chi connectivity index (χ2n) is 6.83. The van der Waals surface area contributed by atoms with Crippen LogP contribution in [0.5, 0.6) is 0 Å². The first-order valence-electron chi connectivity index (χ1n) is 8.08. The fraction of sp³-hybridized carbons (Fsp3) is 0.471. The standard InChI is InChI=1S/C17H17N5S/c1-10-16(23-9-19-10)21-15-11(8-18)2-5-14(20-15)17-6-12-3-4-13(7-17)22(12)17/h2,5,9,12-13H,3-4,6-7H2,1H3,(H,20,21). The van der Waals surface area contributed by atoms with Crippen LogP contribution < -0.4 is 5.32 Å². The summed E-state index contributed by atoms with van der Waals surface area (Å²) < 4.78 is 0. The Kier molecular flexibility index (Phi) is 2.65. The zero-order chi connectivity index (χ0) is 15.6. The van der Waals surface area contributed by atoms with Crippen LogP contribution in [0.3, 0.4) is 0 Å². The van der Waals surface area contributed by atoms with Crippen LogP contribution in [0.4, 0.5) is 10.8 Å². The van der Waals surface area contributed by atoms with Gasteiger partial charge >= 0.3 is 0 Å².